The van der Waals surface area contributed by atoms with Crippen LogP contribution >= 0.6 is 34.5 Å². The van der Waals surface area contributed by atoms with Gasteiger partial charge in [0.1, 0.15) is 4.34 Å². The van der Waals surface area contributed by atoms with Crippen molar-refractivity contribution >= 4 is 40.4 Å². The molecule has 1 saturated carbocycles. The van der Waals surface area contributed by atoms with E-state index in [0.717, 1.165) is 0 Å². The second kappa shape index (κ2) is 4.32. The highest BCUT2D eigenvalue weighted by Gasteiger charge is 2.29. The molecule has 1 amide bonds. The number of rotatable bonds is 3. The van der Waals surface area contributed by atoms with E-state index in [1.807, 2.05) is 6.92 Å². The maximum absolute atomic E-state index is 11.8. The summed E-state index contributed by atoms with van der Waals surface area (Å²) in [4.78, 5) is 11.8. The van der Waals surface area contributed by atoms with Gasteiger partial charge in [-0.15, -0.1) is 11.3 Å². The molecule has 82 valence electrons. The summed E-state index contributed by atoms with van der Waals surface area (Å²) in [7, 11) is 0. The van der Waals surface area contributed by atoms with E-state index in [4.69, 9.17) is 23.2 Å². The second-order valence-electron chi connectivity index (χ2n) is 3.84. The minimum absolute atomic E-state index is 0.123. The molecule has 15 heavy (non-hydrogen) atoms. The Labute approximate surface area is 103 Å². The average molecular weight is 264 g/mol. The standard InChI is InChI=1S/C10H11Cl2NOS/c1-5(6-2-3-6)13-10(14)7-4-8(11)15-9(7)12/h4-6H,2-3H2,1H3,(H,13,14)/t5-/m0/s1. The van der Waals surface area contributed by atoms with Crippen LogP contribution in [0.15, 0.2) is 6.07 Å². The molecule has 0 aromatic carbocycles. The van der Waals surface area contributed by atoms with Crippen LogP contribution in [0, 0.1) is 5.92 Å². The van der Waals surface area contributed by atoms with E-state index in [1.54, 1.807) is 6.07 Å². The topological polar surface area (TPSA) is 29.1 Å². The molecule has 0 unspecified atom stereocenters. The summed E-state index contributed by atoms with van der Waals surface area (Å²) in [6.07, 6.45) is 2.42. The number of thiophene rings is 1. The summed E-state index contributed by atoms with van der Waals surface area (Å²) < 4.78 is 1.00. The van der Waals surface area contributed by atoms with Gasteiger partial charge in [-0.1, -0.05) is 23.2 Å². The van der Waals surface area contributed by atoms with E-state index >= 15 is 0 Å². The number of halogens is 2. The van der Waals surface area contributed by atoms with Crippen molar-refractivity contribution in [3.05, 3.63) is 20.3 Å². The molecule has 2 rings (SSSR count). The molecule has 0 radical (unpaired) electrons. The van der Waals surface area contributed by atoms with E-state index in [1.165, 1.54) is 24.2 Å². The zero-order valence-corrected chi connectivity index (χ0v) is 10.5. The monoisotopic (exact) mass is 263 g/mol. The van der Waals surface area contributed by atoms with Gasteiger partial charge >= 0.3 is 0 Å². The van der Waals surface area contributed by atoms with Crippen LogP contribution in [0.5, 0.6) is 0 Å². The van der Waals surface area contributed by atoms with Crippen LogP contribution in [0.1, 0.15) is 30.1 Å². The van der Waals surface area contributed by atoms with Crippen LogP contribution in [-0.2, 0) is 0 Å². The lowest BCUT2D eigenvalue weighted by atomic mass is 10.2. The predicted octanol–water partition coefficient (Wildman–Crippen LogP) is 3.58. The van der Waals surface area contributed by atoms with Crippen molar-refractivity contribution in [1.29, 1.82) is 0 Å². The van der Waals surface area contributed by atoms with Crippen molar-refractivity contribution in [2.45, 2.75) is 25.8 Å². The Hall–Kier alpha value is -0.250. The number of hydrogen-bond acceptors (Lipinski definition) is 2. The van der Waals surface area contributed by atoms with Gasteiger partial charge in [0.05, 0.1) is 9.90 Å². The minimum atomic E-state index is -0.123. The van der Waals surface area contributed by atoms with Crippen LogP contribution in [0.2, 0.25) is 8.67 Å². The quantitative estimate of drug-likeness (QED) is 0.888. The van der Waals surface area contributed by atoms with Gasteiger partial charge in [0.25, 0.3) is 5.91 Å². The fourth-order valence-corrected chi connectivity index (χ4v) is 2.95. The number of carbonyl (C=O) groups excluding carboxylic acids is 1. The number of nitrogens with one attached hydrogen (secondary N) is 1. The average Bonchev–Trinajstić information content (AvgIpc) is 2.92. The Morgan fingerprint density at radius 1 is 1.60 bits per heavy atom. The lowest BCUT2D eigenvalue weighted by Gasteiger charge is -2.11. The first-order valence-corrected chi connectivity index (χ1v) is 6.41. The van der Waals surface area contributed by atoms with E-state index in [2.05, 4.69) is 5.32 Å². The largest absolute Gasteiger partial charge is 0.349 e. The summed E-state index contributed by atoms with van der Waals surface area (Å²) in [5, 5.41) is 2.94. The van der Waals surface area contributed by atoms with Crippen molar-refractivity contribution < 1.29 is 4.79 Å². The molecule has 1 aromatic rings. The molecule has 1 aliphatic rings. The molecule has 0 aliphatic heterocycles. The van der Waals surface area contributed by atoms with Crippen molar-refractivity contribution in [2.24, 2.45) is 5.92 Å². The molecule has 0 saturated heterocycles. The third-order valence-corrected chi connectivity index (χ3v) is 4.08. The predicted molar refractivity (Wildman–Crippen MR) is 64.0 cm³/mol. The Kier molecular flexibility index (Phi) is 3.24. The van der Waals surface area contributed by atoms with Crippen LogP contribution in [-0.4, -0.2) is 11.9 Å². The van der Waals surface area contributed by atoms with Crippen LogP contribution in [0.25, 0.3) is 0 Å². The van der Waals surface area contributed by atoms with E-state index in [0.29, 0.717) is 20.2 Å². The Morgan fingerprint density at radius 3 is 2.73 bits per heavy atom. The highest BCUT2D eigenvalue weighted by molar-refractivity contribution is 7.20. The fraction of sp³-hybridized carbons (Fsp3) is 0.500. The Balaban J connectivity index is 2.03. The first-order valence-electron chi connectivity index (χ1n) is 4.83. The molecular weight excluding hydrogens is 253 g/mol. The van der Waals surface area contributed by atoms with Crippen molar-refractivity contribution in [2.75, 3.05) is 0 Å². The lowest BCUT2D eigenvalue weighted by Crippen LogP contribution is -2.33. The summed E-state index contributed by atoms with van der Waals surface area (Å²) in [6, 6.07) is 1.84. The molecule has 1 N–H and O–H groups in total. The maximum atomic E-state index is 11.8. The van der Waals surface area contributed by atoms with Gasteiger partial charge < -0.3 is 5.32 Å². The Morgan fingerprint density at radius 2 is 2.27 bits per heavy atom. The zero-order chi connectivity index (χ0) is 11.0. The third-order valence-electron chi connectivity index (χ3n) is 2.59. The molecule has 1 heterocycles. The van der Waals surface area contributed by atoms with Crippen LogP contribution in [0.3, 0.4) is 0 Å². The third kappa shape index (κ3) is 2.65. The molecule has 0 bridgehead atoms. The zero-order valence-electron chi connectivity index (χ0n) is 8.22. The van der Waals surface area contributed by atoms with Gasteiger partial charge in [-0.3, -0.25) is 4.79 Å². The molecule has 1 aliphatic carbocycles. The molecule has 1 aromatic heterocycles. The van der Waals surface area contributed by atoms with Gasteiger partial charge in [0.2, 0.25) is 0 Å². The van der Waals surface area contributed by atoms with E-state index in [9.17, 15) is 4.79 Å². The fourth-order valence-electron chi connectivity index (χ4n) is 1.49. The highest BCUT2D eigenvalue weighted by Crippen LogP contribution is 2.34. The van der Waals surface area contributed by atoms with Gasteiger partial charge in [-0.2, -0.15) is 0 Å². The smallest absolute Gasteiger partial charge is 0.253 e. The van der Waals surface area contributed by atoms with E-state index in [-0.39, 0.29) is 11.9 Å². The minimum Gasteiger partial charge on any atom is -0.349 e. The normalized spacial score (nSPS) is 17.5. The van der Waals surface area contributed by atoms with E-state index < -0.39 is 0 Å². The molecular formula is C10H11Cl2NOS. The molecule has 1 fully saturated rings. The Bertz CT molecular complexity index is 387. The van der Waals surface area contributed by atoms with Gasteiger partial charge in [0, 0.05) is 6.04 Å². The lowest BCUT2D eigenvalue weighted by molar-refractivity contribution is 0.0936. The summed E-state index contributed by atoms with van der Waals surface area (Å²) in [5.41, 5.74) is 0.485. The van der Waals surface area contributed by atoms with Gasteiger partial charge in [-0.05, 0) is 31.7 Å². The SMILES string of the molecule is C[C@H](NC(=O)c1cc(Cl)sc1Cl)C1CC1. The second-order valence-corrected chi connectivity index (χ2v) is 6.12. The first kappa shape index (κ1) is 11.2. The molecule has 2 nitrogen and oxygen atoms in total. The summed E-state index contributed by atoms with van der Waals surface area (Å²) in [6.45, 7) is 2.03. The van der Waals surface area contributed by atoms with Crippen molar-refractivity contribution in [3.8, 4) is 0 Å². The number of amides is 1. The first-order chi connectivity index (χ1) is 7.08. The van der Waals surface area contributed by atoms with Crippen LogP contribution < -0.4 is 5.32 Å². The molecule has 0 spiro atoms. The number of carbonyl (C=O) groups is 1. The summed E-state index contributed by atoms with van der Waals surface area (Å²) in [5.74, 6) is 0.518. The van der Waals surface area contributed by atoms with Crippen molar-refractivity contribution in [3.63, 3.8) is 0 Å². The van der Waals surface area contributed by atoms with Gasteiger partial charge in [0.15, 0.2) is 0 Å². The van der Waals surface area contributed by atoms with Gasteiger partial charge in [-0.25, -0.2) is 0 Å². The number of hydrogen-bond donors (Lipinski definition) is 1. The molecule has 5 heteroatoms. The summed E-state index contributed by atoms with van der Waals surface area (Å²) >= 11 is 12.9. The van der Waals surface area contributed by atoms with Crippen molar-refractivity contribution in [1.82, 2.24) is 5.32 Å². The highest BCUT2D eigenvalue weighted by atomic mass is 35.5. The molecule has 1 atom stereocenters. The van der Waals surface area contributed by atoms with Crippen LogP contribution in [0.4, 0.5) is 0 Å². The maximum Gasteiger partial charge on any atom is 0.253 e.